The Bertz CT molecular complexity index is 1290. The molecule has 4 heterocycles. The van der Waals surface area contributed by atoms with E-state index in [1.807, 2.05) is 41.9 Å². The van der Waals surface area contributed by atoms with E-state index >= 15 is 0 Å². The number of fused-ring (bicyclic) bond motifs is 1. The zero-order valence-electron chi connectivity index (χ0n) is 18.6. The van der Waals surface area contributed by atoms with E-state index in [0.717, 1.165) is 47.4 Å². The fraction of sp³-hybridized carbons (Fsp3) is 0.304. The fourth-order valence-electron chi connectivity index (χ4n) is 3.55. The number of thiazole rings is 1. The van der Waals surface area contributed by atoms with Crippen molar-refractivity contribution in [2.75, 3.05) is 19.7 Å². The smallest absolute Gasteiger partial charge is 0.475 e. The Hall–Kier alpha value is -3.35. The highest BCUT2D eigenvalue weighted by atomic mass is 32.1. The van der Waals surface area contributed by atoms with Crippen molar-refractivity contribution in [1.82, 2.24) is 24.5 Å². The van der Waals surface area contributed by atoms with Crippen molar-refractivity contribution in [3.8, 4) is 11.1 Å². The van der Waals surface area contributed by atoms with Crippen molar-refractivity contribution >= 4 is 23.0 Å². The van der Waals surface area contributed by atoms with Crippen molar-refractivity contribution < 1.29 is 27.8 Å². The Morgan fingerprint density at radius 1 is 1.17 bits per heavy atom. The number of aromatic nitrogens is 4. The van der Waals surface area contributed by atoms with E-state index in [0.29, 0.717) is 6.61 Å². The summed E-state index contributed by atoms with van der Waals surface area (Å²) in [5, 5.41) is 15.1. The zero-order valence-corrected chi connectivity index (χ0v) is 19.5. The van der Waals surface area contributed by atoms with Gasteiger partial charge in [0.2, 0.25) is 0 Å². The summed E-state index contributed by atoms with van der Waals surface area (Å²) in [6, 6.07) is 14.4. The number of hydrogen-bond acceptors (Lipinski definition) is 7. The van der Waals surface area contributed by atoms with Crippen molar-refractivity contribution in [3.63, 3.8) is 0 Å². The number of carboxylic acids is 1. The number of aryl methyl sites for hydroxylation is 1. The lowest BCUT2D eigenvalue weighted by Crippen LogP contribution is -2.38. The van der Waals surface area contributed by atoms with Gasteiger partial charge in [0.1, 0.15) is 6.10 Å². The van der Waals surface area contributed by atoms with Crippen LogP contribution in [0.5, 0.6) is 0 Å². The summed E-state index contributed by atoms with van der Waals surface area (Å²) in [6.07, 6.45) is -3.17. The van der Waals surface area contributed by atoms with E-state index in [4.69, 9.17) is 24.7 Å². The van der Waals surface area contributed by atoms with Crippen LogP contribution in [0.3, 0.4) is 0 Å². The highest BCUT2D eigenvalue weighted by Crippen LogP contribution is 2.24. The van der Waals surface area contributed by atoms with E-state index in [-0.39, 0.29) is 6.10 Å². The van der Waals surface area contributed by atoms with Crippen LogP contribution < -0.4 is 0 Å². The topological polar surface area (TPSA) is 92.9 Å². The van der Waals surface area contributed by atoms with Gasteiger partial charge in [0.25, 0.3) is 0 Å². The summed E-state index contributed by atoms with van der Waals surface area (Å²) in [4.78, 5) is 20.5. The number of carbonyl (C=O) groups is 1. The molecule has 1 unspecified atom stereocenters. The van der Waals surface area contributed by atoms with Crippen LogP contribution >= 0.6 is 11.3 Å². The number of alkyl halides is 3. The molecular formula is C23H22F3N5O3S. The van der Waals surface area contributed by atoms with Crippen LogP contribution in [0.4, 0.5) is 13.2 Å². The number of ether oxygens (including phenoxy) is 1. The van der Waals surface area contributed by atoms with Crippen LogP contribution in [0.2, 0.25) is 0 Å². The average molecular weight is 506 g/mol. The number of morpholine rings is 1. The van der Waals surface area contributed by atoms with Gasteiger partial charge in [-0.3, -0.25) is 4.90 Å². The third-order valence-electron chi connectivity index (χ3n) is 5.19. The molecular weight excluding hydrogens is 483 g/mol. The molecule has 184 valence electrons. The first-order valence-electron chi connectivity index (χ1n) is 10.7. The molecule has 1 N–H and O–H groups in total. The number of hydrogen-bond donors (Lipinski definition) is 1. The molecule has 0 amide bonds. The Kier molecular flexibility index (Phi) is 7.43. The molecule has 0 spiro atoms. The molecule has 4 aromatic rings. The minimum atomic E-state index is -5.08. The van der Waals surface area contributed by atoms with Crippen LogP contribution in [0.1, 0.15) is 22.6 Å². The summed E-state index contributed by atoms with van der Waals surface area (Å²) >= 11 is 1.70. The lowest BCUT2D eigenvalue weighted by molar-refractivity contribution is -0.192. The molecule has 0 radical (unpaired) electrons. The Labute approximate surface area is 202 Å². The molecule has 1 aliphatic heterocycles. The van der Waals surface area contributed by atoms with Crippen LogP contribution in [0, 0.1) is 6.92 Å². The van der Waals surface area contributed by atoms with Gasteiger partial charge < -0.3 is 9.84 Å². The van der Waals surface area contributed by atoms with Crippen molar-refractivity contribution in [3.05, 3.63) is 70.6 Å². The van der Waals surface area contributed by atoms with Gasteiger partial charge in [-0.1, -0.05) is 30.3 Å². The molecule has 1 fully saturated rings. The molecule has 3 aromatic heterocycles. The van der Waals surface area contributed by atoms with Gasteiger partial charge in [-0.15, -0.1) is 16.4 Å². The van der Waals surface area contributed by atoms with Gasteiger partial charge in [0, 0.05) is 36.8 Å². The highest BCUT2D eigenvalue weighted by Gasteiger charge is 2.38. The maximum absolute atomic E-state index is 10.6. The van der Waals surface area contributed by atoms with E-state index in [1.54, 1.807) is 11.3 Å². The minimum absolute atomic E-state index is 0.117. The first-order chi connectivity index (χ1) is 16.7. The molecule has 8 nitrogen and oxygen atoms in total. The molecule has 0 aliphatic carbocycles. The van der Waals surface area contributed by atoms with E-state index in [1.165, 1.54) is 5.56 Å². The second-order valence-electron chi connectivity index (χ2n) is 7.81. The molecule has 0 saturated carbocycles. The molecule has 1 aliphatic rings. The summed E-state index contributed by atoms with van der Waals surface area (Å²) in [6.45, 7) is 5.24. The Morgan fingerprint density at radius 3 is 2.57 bits per heavy atom. The number of halogens is 3. The molecule has 1 saturated heterocycles. The molecule has 1 aromatic carbocycles. The summed E-state index contributed by atoms with van der Waals surface area (Å²) in [5.74, 6) is -2.02. The molecule has 1 atom stereocenters. The van der Waals surface area contributed by atoms with Gasteiger partial charge in [-0.25, -0.2) is 19.3 Å². The van der Waals surface area contributed by atoms with Gasteiger partial charge in [0.15, 0.2) is 11.5 Å². The molecule has 12 heteroatoms. The second kappa shape index (κ2) is 10.5. The first kappa shape index (κ1) is 24.8. The predicted octanol–water partition coefficient (Wildman–Crippen LogP) is 4.37. The van der Waals surface area contributed by atoms with Crippen molar-refractivity contribution in [2.24, 2.45) is 0 Å². The Balaban J connectivity index is 0.000000364. The largest absolute Gasteiger partial charge is 0.490 e. The zero-order chi connectivity index (χ0) is 25.0. The number of nitrogens with zero attached hydrogens (tertiary/aromatic N) is 5. The molecule has 0 bridgehead atoms. The fourth-order valence-corrected chi connectivity index (χ4v) is 4.15. The van der Waals surface area contributed by atoms with E-state index in [9.17, 15) is 13.2 Å². The molecule has 35 heavy (non-hydrogen) atoms. The number of rotatable bonds is 4. The summed E-state index contributed by atoms with van der Waals surface area (Å²) in [5.41, 5.74) is 4.25. The predicted molar refractivity (Wildman–Crippen MR) is 123 cm³/mol. The first-order valence-corrected chi connectivity index (χ1v) is 11.5. The number of benzene rings is 1. The van der Waals surface area contributed by atoms with Crippen molar-refractivity contribution in [1.29, 1.82) is 0 Å². The maximum atomic E-state index is 10.6. The van der Waals surface area contributed by atoms with Crippen molar-refractivity contribution in [2.45, 2.75) is 25.7 Å². The number of pyridine rings is 1. The maximum Gasteiger partial charge on any atom is 0.490 e. The molecule has 5 rings (SSSR count). The normalized spacial score (nSPS) is 16.6. The minimum Gasteiger partial charge on any atom is -0.475 e. The van der Waals surface area contributed by atoms with Crippen LogP contribution in [-0.4, -0.2) is 61.4 Å². The SMILES string of the molecule is Cc1nc(CN2CCOC(c3nc4ccc(-c5ccccc5)cn4n3)C2)cs1.O=C(O)C(F)(F)F. The second-order valence-corrected chi connectivity index (χ2v) is 8.87. The lowest BCUT2D eigenvalue weighted by atomic mass is 10.1. The third-order valence-corrected chi connectivity index (χ3v) is 6.01. The quantitative estimate of drug-likeness (QED) is 0.440. The van der Waals surface area contributed by atoms with Gasteiger partial charge in [-0.05, 0) is 24.6 Å². The number of aliphatic carboxylic acids is 1. The van der Waals surface area contributed by atoms with Crippen LogP contribution in [0.25, 0.3) is 16.8 Å². The number of carboxylic acid groups (broad SMARTS) is 1. The highest BCUT2D eigenvalue weighted by molar-refractivity contribution is 7.09. The monoisotopic (exact) mass is 505 g/mol. The van der Waals surface area contributed by atoms with Gasteiger partial charge >= 0.3 is 12.1 Å². The third kappa shape index (κ3) is 6.41. The average Bonchev–Trinajstić information content (AvgIpc) is 3.45. The van der Waals surface area contributed by atoms with Gasteiger partial charge in [-0.2, -0.15) is 13.2 Å². The van der Waals surface area contributed by atoms with Crippen LogP contribution in [-0.2, 0) is 16.1 Å². The Morgan fingerprint density at radius 2 is 1.91 bits per heavy atom. The summed E-state index contributed by atoms with van der Waals surface area (Å²) in [7, 11) is 0. The van der Waals surface area contributed by atoms with Gasteiger partial charge in [0.05, 0.1) is 17.3 Å². The summed E-state index contributed by atoms with van der Waals surface area (Å²) < 4.78 is 39.6. The lowest BCUT2D eigenvalue weighted by Gasteiger charge is -2.30. The van der Waals surface area contributed by atoms with Crippen LogP contribution in [0.15, 0.2) is 54.0 Å². The van der Waals surface area contributed by atoms with E-state index < -0.39 is 12.1 Å². The standard InChI is InChI=1S/C21H21N5OS.C2HF3O2/c1-15-22-18(14-28-15)12-25-9-10-27-19(13-25)21-23-20-8-7-17(11-26(20)24-21)16-5-3-2-4-6-16;3-2(4,5)1(6)7/h2-8,11,14,19H,9-10,12-13H2,1H3;(H,6,7). The van der Waals surface area contributed by atoms with E-state index in [2.05, 4.69) is 33.5 Å².